The van der Waals surface area contributed by atoms with E-state index in [0.29, 0.717) is 0 Å². The molecule has 0 aliphatic carbocycles. The Morgan fingerprint density at radius 3 is 2.00 bits per heavy atom. The first kappa shape index (κ1) is 31.3. The van der Waals surface area contributed by atoms with Crippen molar-refractivity contribution in [3.8, 4) is 17.6 Å². The SMILES string of the molecule is CCCCCCCCCCCCC(C#N)(CCCC(CCc1cccc(O)c1)/N=N/C)c1cccc(O)c1. The third-order valence-corrected chi connectivity index (χ3v) is 7.67. The fourth-order valence-corrected chi connectivity index (χ4v) is 5.42. The number of hydrogen-bond donors (Lipinski definition) is 2. The smallest absolute Gasteiger partial charge is 0.115 e. The van der Waals surface area contributed by atoms with Gasteiger partial charge in [0.25, 0.3) is 0 Å². The van der Waals surface area contributed by atoms with Crippen LogP contribution in [0.2, 0.25) is 0 Å². The summed E-state index contributed by atoms with van der Waals surface area (Å²) in [5.74, 6) is 0.502. The molecule has 0 heterocycles. The summed E-state index contributed by atoms with van der Waals surface area (Å²) in [6.45, 7) is 2.26. The van der Waals surface area contributed by atoms with Crippen LogP contribution in [-0.2, 0) is 11.8 Å². The van der Waals surface area contributed by atoms with E-state index in [0.717, 1.165) is 62.5 Å². The number of hydrogen-bond acceptors (Lipinski definition) is 5. The molecule has 208 valence electrons. The third-order valence-electron chi connectivity index (χ3n) is 7.67. The van der Waals surface area contributed by atoms with E-state index in [1.54, 1.807) is 31.3 Å². The van der Waals surface area contributed by atoms with Gasteiger partial charge in [-0.15, -0.1) is 0 Å². The van der Waals surface area contributed by atoms with Crippen LogP contribution in [0.3, 0.4) is 0 Å². The molecule has 0 radical (unpaired) electrons. The van der Waals surface area contributed by atoms with Crippen LogP contribution in [-0.4, -0.2) is 23.3 Å². The van der Waals surface area contributed by atoms with E-state index in [9.17, 15) is 15.5 Å². The molecule has 0 spiro atoms. The van der Waals surface area contributed by atoms with Gasteiger partial charge in [-0.1, -0.05) is 95.4 Å². The van der Waals surface area contributed by atoms with E-state index >= 15 is 0 Å². The van der Waals surface area contributed by atoms with E-state index in [4.69, 9.17) is 0 Å². The first-order valence-corrected chi connectivity index (χ1v) is 14.8. The van der Waals surface area contributed by atoms with Gasteiger partial charge >= 0.3 is 0 Å². The molecule has 5 nitrogen and oxygen atoms in total. The normalized spacial score (nSPS) is 13.8. The van der Waals surface area contributed by atoms with Crippen LogP contribution in [0.1, 0.15) is 114 Å². The molecular formula is C33H49N3O2. The summed E-state index contributed by atoms with van der Waals surface area (Å²) in [5, 5.41) is 38.8. The van der Waals surface area contributed by atoms with Gasteiger partial charge in [-0.25, -0.2) is 0 Å². The number of phenols is 2. The van der Waals surface area contributed by atoms with Crippen molar-refractivity contribution in [2.24, 2.45) is 10.2 Å². The molecule has 38 heavy (non-hydrogen) atoms. The van der Waals surface area contributed by atoms with Crippen LogP contribution in [0.4, 0.5) is 0 Å². The number of azo groups is 1. The van der Waals surface area contributed by atoms with Crippen molar-refractivity contribution in [2.75, 3.05) is 7.05 Å². The van der Waals surface area contributed by atoms with Crippen molar-refractivity contribution in [3.05, 3.63) is 59.7 Å². The lowest BCUT2D eigenvalue weighted by atomic mass is 9.73. The number of aryl methyl sites for hydroxylation is 1. The molecule has 0 bridgehead atoms. The summed E-state index contributed by atoms with van der Waals surface area (Å²) in [7, 11) is 1.71. The Balaban J connectivity index is 1.91. The zero-order valence-corrected chi connectivity index (χ0v) is 23.7. The largest absolute Gasteiger partial charge is 0.508 e. The highest BCUT2D eigenvalue weighted by molar-refractivity contribution is 5.37. The molecule has 0 aliphatic heterocycles. The van der Waals surface area contributed by atoms with Crippen molar-refractivity contribution in [1.29, 1.82) is 5.26 Å². The monoisotopic (exact) mass is 519 g/mol. The zero-order valence-electron chi connectivity index (χ0n) is 23.7. The first-order chi connectivity index (χ1) is 18.5. The van der Waals surface area contributed by atoms with Crippen LogP contribution >= 0.6 is 0 Å². The van der Waals surface area contributed by atoms with Gasteiger partial charge in [-0.05, 0) is 73.9 Å². The lowest BCUT2D eigenvalue weighted by Crippen LogP contribution is -2.25. The van der Waals surface area contributed by atoms with Crippen molar-refractivity contribution in [1.82, 2.24) is 0 Å². The van der Waals surface area contributed by atoms with E-state index in [-0.39, 0.29) is 17.5 Å². The summed E-state index contributed by atoms with van der Waals surface area (Å²) in [6.07, 6.45) is 17.6. The van der Waals surface area contributed by atoms with Gasteiger partial charge in [-0.2, -0.15) is 15.5 Å². The molecule has 5 heteroatoms. The minimum Gasteiger partial charge on any atom is -0.508 e. The van der Waals surface area contributed by atoms with Gasteiger partial charge in [0.2, 0.25) is 0 Å². The molecule has 0 amide bonds. The zero-order chi connectivity index (χ0) is 27.5. The predicted molar refractivity (Wildman–Crippen MR) is 157 cm³/mol. The summed E-state index contributed by atoms with van der Waals surface area (Å²) >= 11 is 0. The third kappa shape index (κ3) is 11.7. The fourth-order valence-electron chi connectivity index (χ4n) is 5.42. The molecule has 2 unspecified atom stereocenters. The maximum Gasteiger partial charge on any atom is 0.115 e. The Hall–Kier alpha value is -2.87. The van der Waals surface area contributed by atoms with Gasteiger partial charge in [0.15, 0.2) is 0 Å². The molecule has 2 atom stereocenters. The van der Waals surface area contributed by atoms with Crippen molar-refractivity contribution in [2.45, 2.75) is 121 Å². The summed E-state index contributed by atoms with van der Waals surface area (Å²) < 4.78 is 0. The number of unbranched alkanes of at least 4 members (excludes halogenated alkanes) is 9. The second-order valence-corrected chi connectivity index (χ2v) is 10.7. The molecule has 0 aromatic heterocycles. The Labute approximate surface area is 231 Å². The lowest BCUT2D eigenvalue weighted by Gasteiger charge is -2.28. The predicted octanol–water partition coefficient (Wildman–Crippen LogP) is 9.42. The van der Waals surface area contributed by atoms with Crippen molar-refractivity contribution >= 4 is 0 Å². The summed E-state index contributed by atoms with van der Waals surface area (Å²) in [4.78, 5) is 0. The highest BCUT2D eigenvalue weighted by atomic mass is 16.3. The molecule has 2 aromatic carbocycles. The average Bonchev–Trinajstić information content (AvgIpc) is 2.92. The van der Waals surface area contributed by atoms with E-state index in [1.165, 1.54) is 51.4 Å². The molecular weight excluding hydrogens is 470 g/mol. The van der Waals surface area contributed by atoms with Crippen LogP contribution in [0.15, 0.2) is 58.8 Å². The van der Waals surface area contributed by atoms with Crippen LogP contribution in [0.25, 0.3) is 0 Å². The summed E-state index contributed by atoms with van der Waals surface area (Å²) in [6, 6.07) is 17.4. The fraction of sp³-hybridized carbons (Fsp3) is 0.606. The standard InChI is InChI=1S/C33H49N3O2/c1-3-4-5-6-7-8-9-10-11-12-23-33(27-34,29-17-14-20-32(38)26-29)24-15-18-30(36-35-2)22-21-28-16-13-19-31(37)25-28/h13-14,16-17,19-20,25-26,30,37-38H,3-12,15,18,21-24H2,1-2H3/b36-35+. The van der Waals surface area contributed by atoms with E-state index in [1.807, 2.05) is 24.3 Å². The van der Waals surface area contributed by atoms with Gasteiger partial charge in [0.1, 0.15) is 11.5 Å². The number of nitrogens with zero attached hydrogens (tertiary/aromatic N) is 3. The second kappa shape index (κ2) is 18.4. The van der Waals surface area contributed by atoms with Gasteiger partial charge in [0, 0.05) is 7.05 Å². The lowest BCUT2D eigenvalue weighted by molar-refractivity contribution is 0.397. The minimum absolute atomic E-state index is 0.0836. The average molecular weight is 520 g/mol. The Morgan fingerprint density at radius 2 is 1.39 bits per heavy atom. The van der Waals surface area contributed by atoms with E-state index in [2.05, 4.69) is 23.2 Å². The maximum atomic E-state index is 10.4. The Morgan fingerprint density at radius 1 is 0.789 bits per heavy atom. The van der Waals surface area contributed by atoms with E-state index < -0.39 is 5.41 Å². The van der Waals surface area contributed by atoms with Crippen molar-refractivity contribution < 1.29 is 10.2 Å². The molecule has 0 fully saturated rings. The van der Waals surface area contributed by atoms with Crippen LogP contribution < -0.4 is 0 Å². The number of rotatable bonds is 20. The topological polar surface area (TPSA) is 89.0 Å². The Bertz CT molecular complexity index is 984. The number of aromatic hydroxyl groups is 2. The number of benzene rings is 2. The highest BCUT2D eigenvalue weighted by Crippen LogP contribution is 2.37. The van der Waals surface area contributed by atoms with Gasteiger partial charge in [-0.3, -0.25) is 0 Å². The number of phenolic OH excluding ortho intramolecular Hbond substituents is 2. The number of nitriles is 1. The Kier molecular flexibility index (Phi) is 15.2. The van der Waals surface area contributed by atoms with Gasteiger partial charge in [0.05, 0.1) is 17.5 Å². The maximum absolute atomic E-state index is 10.4. The molecule has 2 rings (SSSR count). The summed E-state index contributed by atoms with van der Waals surface area (Å²) in [5.41, 5.74) is 1.41. The van der Waals surface area contributed by atoms with Gasteiger partial charge < -0.3 is 10.2 Å². The molecule has 0 aliphatic rings. The molecule has 0 saturated carbocycles. The molecule has 2 N–H and O–H groups in total. The quantitative estimate of drug-likeness (QED) is 0.135. The minimum atomic E-state index is -0.599. The second-order valence-electron chi connectivity index (χ2n) is 10.7. The highest BCUT2D eigenvalue weighted by Gasteiger charge is 2.32. The molecule has 2 aromatic rings. The van der Waals surface area contributed by atoms with Crippen molar-refractivity contribution in [3.63, 3.8) is 0 Å². The van der Waals surface area contributed by atoms with Crippen LogP contribution in [0, 0.1) is 11.3 Å². The van der Waals surface area contributed by atoms with Crippen LogP contribution in [0.5, 0.6) is 11.5 Å². The first-order valence-electron chi connectivity index (χ1n) is 14.8. The molecule has 0 saturated heterocycles.